The van der Waals surface area contributed by atoms with Crippen molar-refractivity contribution in [2.45, 2.75) is 0 Å². The Morgan fingerprint density at radius 3 is 2.82 bits per heavy atom. The highest BCUT2D eigenvalue weighted by molar-refractivity contribution is 9.10. The number of pyridine rings is 1. The molecule has 0 atom stereocenters. The van der Waals surface area contributed by atoms with Crippen LogP contribution in [-0.2, 0) is 0 Å². The molecule has 0 fully saturated rings. The van der Waals surface area contributed by atoms with Crippen LogP contribution in [0.4, 0.5) is 4.39 Å². The predicted octanol–water partition coefficient (Wildman–Crippen LogP) is 2.75. The van der Waals surface area contributed by atoms with E-state index in [1.54, 1.807) is 24.4 Å². The van der Waals surface area contributed by atoms with Crippen molar-refractivity contribution in [1.29, 1.82) is 0 Å². The van der Waals surface area contributed by atoms with Gasteiger partial charge in [-0.1, -0.05) is 23.5 Å². The third-order valence-corrected chi connectivity index (χ3v) is 4.62. The Morgan fingerprint density at radius 2 is 2.05 bits per heavy atom. The van der Waals surface area contributed by atoms with Gasteiger partial charge in [0.1, 0.15) is 11.3 Å². The van der Waals surface area contributed by atoms with Gasteiger partial charge in [-0.3, -0.25) is 4.79 Å². The van der Waals surface area contributed by atoms with Crippen molar-refractivity contribution in [3.63, 3.8) is 0 Å². The minimum absolute atomic E-state index is 0.165. The van der Waals surface area contributed by atoms with Crippen LogP contribution in [0.1, 0.15) is 5.56 Å². The first-order chi connectivity index (χ1) is 10.6. The van der Waals surface area contributed by atoms with E-state index in [9.17, 15) is 9.18 Å². The topological polar surface area (TPSA) is 47.3 Å². The van der Waals surface area contributed by atoms with Crippen LogP contribution in [0.5, 0.6) is 0 Å². The molecular weight excluding hydrogens is 369 g/mol. The SMILES string of the molecule is O=c1c(=Cc2ccc(F)cc2)sc2nc3cc(Br)cnc3n12. The van der Waals surface area contributed by atoms with Crippen molar-refractivity contribution in [3.05, 3.63) is 67.3 Å². The Kier molecular flexibility index (Phi) is 3.05. The van der Waals surface area contributed by atoms with E-state index in [2.05, 4.69) is 25.9 Å². The first-order valence-corrected chi connectivity index (χ1v) is 7.96. The van der Waals surface area contributed by atoms with E-state index in [0.29, 0.717) is 20.7 Å². The average molecular weight is 376 g/mol. The van der Waals surface area contributed by atoms with Crippen LogP contribution in [0.15, 0.2) is 45.8 Å². The summed E-state index contributed by atoms with van der Waals surface area (Å²) >= 11 is 4.63. The second kappa shape index (κ2) is 4.96. The number of nitrogens with zero attached hydrogens (tertiary/aromatic N) is 3. The molecule has 0 bridgehead atoms. The standard InChI is InChI=1S/C15H7BrFN3OS/c16-9-6-11-13(18-7-9)20-14(21)12(22-15(20)19-11)5-8-1-3-10(17)4-2-8/h1-7H. The highest BCUT2D eigenvalue weighted by Crippen LogP contribution is 2.18. The van der Waals surface area contributed by atoms with Crippen LogP contribution in [0.2, 0.25) is 0 Å². The highest BCUT2D eigenvalue weighted by atomic mass is 79.9. The number of rotatable bonds is 1. The maximum Gasteiger partial charge on any atom is 0.276 e. The van der Waals surface area contributed by atoms with E-state index in [-0.39, 0.29) is 11.4 Å². The van der Waals surface area contributed by atoms with Gasteiger partial charge >= 0.3 is 0 Å². The predicted molar refractivity (Wildman–Crippen MR) is 87.5 cm³/mol. The fourth-order valence-electron chi connectivity index (χ4n) is 2.22. The van der Waals surface area contributed by atoms with Gasteiger partial charge in [-0.15, -0.1) is 0 Å². The van der Waals surface area contributed by atoms with Gasteiger partial charge in [-0.25, -0.2) is 18.8 Å². The van der Waals surface area contributed by atoms with E-state index in [0.717, 1.165) is 10.0 Å². The molecule has 0 N–H and O–H groups in total. The summed E-state index contributed by atoms with van der Waals surface area (Å²) in [6.07, 6.45) is 3.36. The first-order valence-electron chi connectivity index (χ1n) is 6.35. The van der Waals surface area contributed by atoms with Crippen LogP contribution >= 0.6 is 27.3 Å². The van der Waals surface area contributed by atoms with Gasteiger partial charge in [0.15, 0.2) is 10.6 Å². The Morgan fingerprint density at radius 1 is 1.27 bits per heavy atom. The van der Waals surface area contributed by atoms with Gasteiger partial charge in [0.25, 0.3) is 5.56 Å². The number of benzene rings is 1. The van der Waals surface area contributed by atoms with Crippen LogP contribution in [0.25, 0.3) is 22.2 Å². The number of hydrogen-bond acceptors (Lipinski definition) is 4. The minimum Gasteiger partial charge on any atom is -0.267 e. The zero-order chi connectivity index (χ0) is 15.3. The maximum atomic E-state index is 12.9. The van der Waals surface area contributed by atoms with E-state index in [1.807, 2.05) is 6.07 Å². The lowest BCUT2D eigenvalue weighted by Gasteiger charge is -1.91. The molecule has 0 aliphatic carbocycles. The molecule has 0 saturated carbocycles. The van der Waals surface area contributed by atoms with E-state index < -0.39 is 0 Å². The molecule has 0 unspecified atom stereocenters. The number of imidazole rings is 1. The van der Waals surface area contributed by atoms with Crippen LogP contribution in [0, 0.1) is 5.82 Å². The quantitative estimate of drug-likeness (QED) is 0.513. The maximum absolute atomic E-state index is 12.9. The molecule has 4 aromatic rings. The van der Waals surface area contributed by atoms with Crippen molar-refractivity contribution < 1.29 is 4.39 Å². The molecule has 0 amide bonds. The smallest absolute Gasteiger partial charge is 0.267 e. The molecular formula is C15H7BrFN3OS. The Balaban J connectivity index is 1.98. The highest BCUT2D eigenvalue weighted by Gasteiger charge is 2.12. The van der Waals surface area contributed by atoms with E-state index in [1.165, 1.54) is 27.9 Å². The molecule has 3 aromatic heterocycles. The Bertz CT molecular complexity index is 1120. The molecule has 0 radical (unpaired) electrons. The molecule has 0 aliphatic heterocycles. The summed E-state index contributed by atoms with van der Waals surface area (Å²) in [4.78, 5) is 21.8. The van der Waals surface area contributed by atoms with Crippen molar-refractivity contribution in [2.75, 3.05) is 0 Å². The van der Waals surface area contributed by atoms with Gasteiger partial charge in [-0.05, 0) is 45.8 Å². The second-order valence-corrected chi connectivity index (χ2v) is 6.62. The van der Waals surface area contributed by atoms with E-state index >= 15 is 0 Å². The molecule has 3 heterocycles. The summed E-state index contributed by atoms with van der Waals surface area (Å²) in [6, 6.07) is 7.81. The number of halogens is 2. The fourth-order valence-corrected chi connectivity index (χ4v) is 3.52. The van der Waals surface area contributed by atoms with Gasteiger partial charge in [0.2, 0.25) is 0 Å². The normalized spacial score (nSPS) is 12.5. The molecule has 0 saturated heterocycles. The second-order valence-electron chi connectivity index (χ2n) is 4.69. The molecule has 4 rings (SSSR count). The average Bonchev–Trinajstić information content (AvgIpc) is 2.98. The van der Waals surface area contributed by atoms with Crippen molar-refractivity contribution >= 4 is 49.5 Å². The number of hydrogen-bond donors (Lipinski definition) is 0. The van der Waals surface area contributed by atoms with E-state index in [4.69, 9.17) is 0 Å². The molecule has 4 nitrogen and oxygen atoms in total. The summed E-state index contributed by atoms with van der Waals surface area (Å²) in [5, 5.41) is 0. The zero-order valence-corrected chi connectivity index (χ0v) is 13.4. The van der Waals surface area contributed by atoms with Crippen molar-refractivity contribution in [1.82, 2.24) is 14.4 Å². The molecule has 7 heteroatoms. The zero-order valence-electron chi connectivity index (χ0n) is 11.0. The molecule has 1 aromatic carbocycles. The van der Waals surface area contributed by atoms with Crippen LogP contribution in [0.3, 0.4) is 0 Å². The fraction of sp³-hybridized carbons (Fsp3) is 0. The third kappa shape index (κ3) is 2.13. The van der Waals surface area contributed by atoms with Crippen molar-refractivity contribution in [2.24, 2.45) is 0 Å². The summed E-state index contributed by atoms with van der Waals surface area (Å²) in [5.41, 5.74) is 1.81. The van der Waals surface area contributed by atoms with Gasteiger partial charge < -0.3 is 0 Å². The minimum atomic E-state index is -0.304. The van der Waals surface area contributed by atoms with Gasteiger partial charge in [-0.2, -0.15) is 0 Å². The number of thiazole rings is 1. The number of fused-ring (bicyclic) bond motifs is 3. The Hall–Kier alpha value is -2.12. The molecule has 0 spiro atoms. The Labute approximate surface area is 135 Å². The lowest BCUT2D eigenvalue weighted by molar-refractivity contribution is 0.628. The lowest BCUT2D eigenvalue weighted by atomic mass is 10.2. The third-order valence-electron chi connectivity index (χ3n) is 3.22. The van der Waals surface area contributed by atoms with Crippen LogP contribution in [-0.4, -0.2) is 14.4 Å². The molecule has 0 aliphatic rings. The van der Waals surface area contributed by atoms with Gasteiger partial charge in [0.05, 0.1) is 4.53 Å². The summed E-state index contributed by atoms with van der Waals surface area (Å²) in [7, 11) is 0. The first kappa shape index (κ1) is 13.5. The summed E-state index contributed by atoms with van der Waals surface area (Å²) in [5.74, 6) is -0.304. The number of aromatic nitrogens is 3. The van der Waals surface area contributed by atoms with Crippen molar-refractivity contribution in [3.8, 4) is 0 Å². The largest absolute Gasteiger partial charge is 0.276 e. The summed E-state index contributed by atoms with van der Waals surface area (Å²) in [6.45, 7) is 0. The summed E-state index contributed by atoms with van der Waals surface area (Å²) < 4.78 is 15.8. The lowest BCUT2D eigenvalue weighted by Crippen LogP contribution is -2.22. The monoisotopic (exact) mass is 375 g/mol. The molecule has 22 heavy (non-hydrogen) atoms. The van der Waals surface area contributed by atoms with Gasteiger partial charge in [0, 0.05) is 10.7 Å². The van der Waals surface area contributed by atoms with Crippen LogP contribution < -0.4 is 10.1 Å². The molecule has 108 valence electrons.